The molecule has 1 aromatic carbocycles. The van der Waals surface area contributed by atoms with Crippen molar-refractivity contribution in [3.63, 3.8) is 0 Å². The van der Waals surface area contributed by atoms with E-state index in [0.29, 0.717) is 12.8 Å². The first-order chi connectivity index (χ1) is 8.00. The fraction of sp³-hybridized carbons (Fsp3) is 0.417. The Hall–Kier alpha value is -1.65. The van der Waals surface area contributed by atoms with Crippen LogP contribution in [0.15, 0.2) is 18.2 Å². The Balaban J connectivity index is 2.34. The molecule has 5 heteroatoms. The number of ether oxygens (including phenoxy) is 1. The van der Waals surface area contributed by atoms with Gasteiger partial charge in [0.2, 0.25) is 0 Å². The molecule has 1 unspecified atom stereocenters. The summed E-state index contributed by atoms with van der Waals surface area (Å²) in [7, 11) is 0. The summed E-state index contributed by atoms with van der Waals surface area (Å²) in [5.41, 5.74) is 0. The fourth-order valence-corrected chi connectivity index (χ4v) is 1.29. The Morgan fingerprint density at radius 2 is 2.18 bits per heavy atom. The van der Waals surface area contributed by atoms with Crippen molar-refractivity contribution in [1.82, 2.24) is 0 Å². The number of hydrogen-bond donors (Lipinski definition) is 1. The van der Waals surface area contributed by atoms with Crippen LogP contribution in [0.4, 0.5) is 8.78 Å². The van der Waals surface area contributed by atoms with Crippen LogP contribution in [0, 0.1) is 17.6 Å². The summed E-state index contributed by atoms with van der Waals surface area (Å²) in [5, 5.41) is 8.63. The first-order valence-electron chi connectivity index (χ1n) is 5.31. The van der Waals surface area contributed by atoms with Gasteiger partial charge in [0.15, 0.2) is 11.6 Å². The molecule has 0 saturated carbocycles. The molecule has 1 rings (SSSR count). The predicted molar refractivity (Wildman–Crippen MR) is 57.9 cm³/mol. The standard InChI is InChI=1S/C12H14F2O3/c1-8(12(15)16)3-2-6-17-11-5-4-9(13)7-10(11)14/h4-5,7-8H,2-3,6H2,1H3,(H,15,16). The van der Waals surface area contributed by atoms with E-state index in [0.717, 1.165) is 12.1 Å². The highest BCUT2D eigenvalue weighted by atomic mass is 19.1. The Kier molecular flexibility index (Phi) is 4.87. The van der Waals surface area contributed by atoms with Gasteiger partial charge in [-0.1, -0.05) is 6.92 Å². The molecule has 0 bridgehead atoms. The number of carboxylic acids is 1. The van der Waals surface area contributed by atoms with Crippen LogP contribution < -0.4 is 4.74 Å². The van der Waals surface area contributed by atoms with Gasteiger partial charge in [-0.2, -0.15) is 0 Å². The Morgan fingerprint density at radius 1 is 1.47 bits per heavy atom. The van der Waals surface area contributed by atoms with E-state index < -0.39 is 23.5 Å². The fourth-order valence-electron chi connectivity index (χ4n) is 1.29. The van der Waals surface area contributed by atoms with Crippen LogP contribution in [0.25, 0.3) is 0 Å². The number of carbonyl (C=O) groups is 1. The maximum Gasteiger partial charge on any atom is 0.306 e. The third-order valence-electron chi connectivity index (χ3n) is 2.35. The SMILES string of the molecule is CC(CCCOc1ccc(F)cc1F)C(=O)O. The molecule has 1 aromatic rings. The van der Waals surface area contributed by atoms with Crippen molar-refractivity contribution in [2.75, 3.05) is 6.61 Å². The second-order valence-electron chi connectivity index (χ2n) is 3.80. The van der Waals surface area contributed by atoms with Crippen LogP contribution in [-0.2, 0) is 4.79 Å². The lowest BCUT2D eigenvalue weighted by Gasteiger charge is -2.08. The normalized spacial score (nSPS) is 12.2. The van der Waals surface area contributed by atoms with Crippen molar-refractivity contribution in [3.8, 4) is 5.75 Å². The average Bonchev–Trinajstić information content (AvgIpc) is 2.26. The highest BCUT2D eigenvalue weighted by Crippen LogP contribution is 2.18. The molecule has 0 aliphatic rings. The van der Waals surface area contributed by atoms with E-state index in [1.165, 1.54) is 6.07 Å². The first kappa shape index (κ1) is 13.4. The molecule has 0 aliphatic heterocycles. The zero-order chi connectivity index (χ0) is 12.8. The molecule has 0 aromatic heterocycles. The van der Waals surface area contributed by atoms with Crippen molar-refractivity contribution in [2.24, 2.45) is 5.92 Å². The summed E-state index contributed by atoms with van der Waals surface area (Å²) in [6.07, 6.45) is 0.961. The third-order valence-corrected chi connectivity index (χ3v) is 2.35. The van der Waals surface area contributed by atoms with Crippen molar-refractivity contribution < 1.29 is 23.4 Å². The quantitative estimate of drug-likeness (QED) is 0.783. The molecular weight excluding hydrogens is 230 g/mol. The molecule has 0 heterocycles. The summed E-state index contributed by atoms with van der Waals surface area (Å²) in [4.78, 5) is 10.5. The van der Waals surface area contributed by atoms with Crippen LogP contribution in [0.1, 0.15) is 19.8 Å². The molecule has 94 valence electrons. The van der Waals surface area contributed by atoms with Gasteiger partial charge in [-0.15, -0.1) is 0 Å². The number of halogens is 2. The number of benzene rings is 1. The molecule has 3 nitrogen and oxygen atoms in total. The lowest BCUT2D eigenvalue weighted by Crippen LogP contribution is -2.11. The largest absolute Gasteiger partial charge is 0.491 e. The van der Waals surface area contributed by atoms with Gasteiger partial charge in [0.25, 0.3) is 0 Å². The van der Waals surface area contributed by atoms with Crippen LogP contribution in [0.5, 0.6) is 5.75 Å². The summed E-state index contributed by atoms with van der Waals surface area (Å²) >= 11 is 0. The number of rotatable bonds is 6. The predicted octanol–water partition coefficient (Wildman–Crippen LogP) is 2.84. The lowest BCUT2D eigenvalue weighted by molar-refractivity contribution is -0.141. The maximum atomic E-state index is 13.1. The molecule has 1 atom stereocenters. The van der Waals surface area contributed by atoms with Gasteiger partial charge in [-0.25, -0.2) is 8.78 Å². The lowest BCUT2D eigenvalue weighted by atomic mass is 10.1. The molecule has 0 aliphatic carbocycles. The number of aliphatic carboxylic acids is 1. The van der Waals surface area contributed by atoms with Crippen LogP contribution in [0.3, 0.4) is 0 Å². The minimum Gasteiger partial charge on any atom is -0.491 e. The summed E-state index contributed by atoms with van der Waals surface area (Å²) < 4.78 is 30.8. The molecular formula is C12H14F2O3. The van der Waals surface area contributed by atoms with Crippen molar-refractivity contribution in [3.05, 3.63) is 29.8 Å². The molecule has 0 saturated heterocycles. The summed E-state index contributed by atoms with van der Waals surface area (Å²) in [6, 6.07) is 3.07. The van der Waals surface area contributed by atoms with Crippen molar-refractivity contribution in [1.29, 1.82) is 0 Å². The highest BCUT2D eigenvalue weighted by molar-refractivity contribution is 5.69. The molecule has 0 amide bonds. The number of carboxylic acid groups (broad SMARTS) is 1. The smallest absolute Gasteiger partial charge is 0.306 e. The summed E-state index contributed by atoms with van der Waals surface area (Å²) in [5.74, 6) is -2.74. The highest BCUT2D eigenvalue weighted by Gasteiger charge is 2.10. The Morgan fingerprint density at radius 3 is 2.76 bits per heavy atom. The van der Waals surface area contributed by atoms with Crippen LogP contribution >= 0.6 is 0 Å². The minimum absolute atomic E-state index is 0.0191. The average molecular weight is 244 g/mol. The van der Waals surface area contributed by atoms with Gasteiger partial charge in [0, 0.05) is 6.07 Å². The monoisotopic (exact) mass is 244 g/mol. The summed E-state index contributed by atoms with van der Waals surface area (Å²) in [6.45, 7) is 1.81. The van der Waals surface area contributed by atoms with E-state index in [-0.39, 0.29) is 12.4 Å². The van der Waals surface area contributed by atoms with E-state index >= 15 is 0 Å². The van der Waals surface area contributed by atoms with E-state index in [1.807, 2.05) is 0 Å². The van der Waals surface area contributed by atoms with E-state index in [2.05, 4.69) is 0 Å². The Bertz CT molecular complexity index is 393. The third kappa shape index (κ3) is 4.38. The molecule has 1 N–H and O–H groups in total. The van der Waals surface area contributed by atoms with Gasteiger partial charge in [0.05, 0.1) is 12.5 Å². The van der Waals surface area contributed by atoms with Crippen molar-refractivity contribution >= 4 is 5.97 Å². The number of hydrogen-bond acceptors (Lipinski definition) is 2. The zero-order valence-corrected chi connectivity index (χ0v) is 9.45. The zero-order valence-electron chi connectivity index (χ0n) is 9.45. The van der Waals surface area contributed by atoms with Crippen LogP contribution in [0.2, 0.25) is 0 Å². The van der Waals surface area contributed by atoms with E-state index in [4.69, 9.17) is 9.84 Å². The minimum atomic E-state index is -0.863. The maximum absolute atomic E-state index is 13.1. The molecule has 0 fully saturated rings. The van der Waals surface area contributed by atoms with E-state index in [9.17, 15) is 13.6 Å². The second kappa shape index (κ2) is 6.18. The first-order valence-corrected chi connectivity index (χ1v) is 5.31. The molecule has 0 radical (unpaired) electrons. The topological polar surface area (TPSA) is 46.5 Å². The Labute approximate surface area is 98.0 Å². The second-order valence-corrected chi connectivity index (χ2v) is 3.80. The van der Waals surface area contributed by atoms with E-state index in [1.54, 1.807) is 6.92 Å². The van der Waals surface area contributed by atoms with Gasteiger partial charge < -0.3 is 9.84 Å². The van der Waals surface area contributed by atoms with Gasteiger partial charge >= 0.3 is 5.97 Å². The van der Waals surface area contributed by atoms with Gasteiger partial charge in [-0.3, -0.25) is 4.79 Å². The van der Waals surface area contributed by atoms with Gasteiger partial charge in [-0.05, 0) is 25.0 Å². The van der Waals surface area contributed by atoms with Crippen LogP contribution in [-0.4, -0.2) is 17.7 Å². The molecule has 17 heavy (non-hydrogen) atoms. The van der Waals surface area contributed by atoms with Crippen molar-refractivity contribution in [2.45, 2.75) is 19.8 Å². The van der Waals surface area contributed by atoms with Gasteiger partial charge in [0.1, 0.15) is 5.82 Å². The molecule has 0 spiro atoms.